The Morgan fingerprint density at radius 1 is 1.05 bits per heavy atom. The molecule has 214 valence electrons. The second-order valence-corrected chi connectivity index (χ2v) is 10.4. The summed E-state index contributed by atoms with van der Waals surface area (Å²) in [6.45, 7) is 8.93. The molecule has 0 fully saturated rings. The van der Waals surface area contributed by atoms with Gasteiger partial charge in [0.05, 0.1) is 32.2 Å². The van der Waals surface area contributed by atoms with Gasteiger partial charge in [0, 0.05) is 18.6 Å². The molecule has 4 aromatic rings. The number of methoxy groups -OCH3 is 1. The standard InChI is InChI=1S/C28H34N3O8P/c1-6-31-17-22(13-15-40(32,37-7-2)38-8-3)27(30-31)36-18-21-11-12-24(26(16-21)33-5)35-19-23-20(4)39-28(29-23)25-10-9-14-34-25/h9-17H,6-8,18-19H2,1-5H3/b15-13+. The smallest absolute Gasteiger partial charge is 0.354 e. The molecule has 0 spiro atoms. The Hall–Kier alpha value is -3.79. The molecule has 3 heterocycles. The van der Waals surface area contributed by atoms with Crippen molar-refractivity contribution in [2.45, 2.75) is 47.5 Å². The fraction of sp³-hybridized carbons (Fsp3) is 0.357. The minimum absolute atomic E-state index is 0.194. The van der Waals surface area contributed by atoms with Gasteiger partial charge < -0.3 is 32.1 Å². The summed E-state index contributed by atoms with van der Waals surface area (Å²) < 4.78 is 53.9. The number of furan rings is 1. The van der Waals surface area contributed by atoms with Gasteiger partial charge in [0.25, 0.3) is 5.89 Å². The van der Waals surface area contributed by atoms with E-state index in [0.29, 0.717) is 52.6 Å². The molecule has 0 aliphatic heterocycles. The number of ether oxygens (including phenoxy) is 3. The summed E-state index contributed by atoms with van der Waals surface area (Å²) in [4.78, 5) is 4.48. The van der Waals surface area contributed by atoms with Crippen molar-refractivity contribution < 1.29 is 36.7 Å². The van der Waals surface area contributed by atoms with Crippen molar-refractivity contribution >= 4 is 13.7 Å². The molecule has 0 amide bonds. The highest BCUT2D eigenvalue weighted by Crippen LogP contribution is 2.50. The third-order valence-electron chi connectivity index (χ3n) is 5.73. The van der Waals surface area contributed by atoms with E-state index in [0.717, 1.165) is 5.56 Å². The maximum Gasteiger partial charge on any atom is 0.354 e. The molecule has 0 aliphatic rings. The molecule has 0 aliphatic carbocycles. The second kappa shape index (κ2) is 13.5. The number of hydrogen-bond donors (Lipinski definition) is 0. The summed E-state index contributed by atoms with van der Waals surface area (Å²) in [5.74, 6) is 4.52. The van der Waals surface area contributed by atoms with Crippen LogP contribution in [0.3, 0.4) is 0 Å². The number of aromatic nitrogens is 3. The summed E-state index contributed by atoms with van der Waals surface area (Å²) in [6, 6.07) is 9.09. The topological polar surface area (TPSA) is 120 Å². The van der Waals surface area contributed by atoms with Crippen molar-refractivity contribution in [3.63, 3.8) is 0 Å². The van der Waals surface area contributed by atoms with Gasteiger partial charge in [0.1, 0.15) is 24.7 Å². The molecule has 11 nitrogen and oxygen atoms in total. The van der Waals surface area contributed by atoms with Gasteiger partial charge >= 0.3 is 7.60 Å². The lowest BCUT2D eigenvalue weighted by Crippen LogP contribution is -2.02. The molecule has 0 saturated heterocycles. The molecule has 1 aromatic carbocycles. The first-order valence-electron chi connectivity index (χ1n) is 13.0. The van der Waals surface area contributed by atoms with E-state index in [1.807, 2.05) is 38.2 Å². The normalized spacial score (nSPS) is 11.8. The summed E-state index contributed by atoms with van der Waals surface area (Å²) in [5, 5.41) is 4.48. The fourth-order valence-electron chi connectivity index (χ4n) is 3.75. The zero-order valence-electron chi connectivity index (χ0n) is 23.3. The maximum atomic E-state index is 12.8. The molecule has 0 atom stereocenters. The van der Waals surface area contributed by atoms with Crippen LogP contribution in [0.15, 0.2) is 57.4 Å². The molecule has 12 heteroatoms. The Bertz CT molecular complexity index is 1450. The van der Waals surface area contributed by atoms with Gasteiger partial charge in [-0.05, 0) is 63.6 Å². The summed E-state index contributed by atoms with van der Waals surface area (Å²) >= 11 is 0. The van der Waals surface area contributed by atoms with E-state index in [2.05, 4.69) is 10.1 Å². The van der Waals surface area contributed by atoms with Crippen molar-refractivity contribution in [1.82, 2.24) is 14.8 Å². The Morgan fingerprint density at radius 3 is 2.52 bits per heavy atom. The second-order valence-electron chi connectivity index (χ2n) is 8.50. The Balaban J connectivity index is 1.43. The molecule has 4 rings (SSSR count). The lowest BCUT2D eigenvalue weighted by Gasteiger charge is -2.13. The van der Waals surface area contributed by atoms with Crippen LogP contribution in [0.1, 0.15) is 43.4 Å². The Morgan fingerprint density at radius 2 is 1.85 bits per heavy atom. The van der Waals surface area contributed by atoms with Crippen LogP contribution in [0, 0.1) is 6.92 Å². The van der Waals surface area contributed by atoms with Crippen LogP contribution in [0.4, 0.5) is 0 Å². The summed E-state index contributed by atoms with van der Waals surface area (Å²) in [6.07, 6.45) is 5.04. The maximum absolute atomic E-state index is 12.8. The number of hydrogen-bond acceptors (Lipinski definition) is 10. The third-order valence-corrected chi connectivity index (χ3v) is 7.48. The third kappa shape index (κ3) is 7.24. The van der Waals surface area contributed by atoms with E-state index < -0.39 is 7.60 Å². The highest BCUT2D eigenvalue weighted by atomic mass is 31.2. The van der Waals surface area contributed by atoms with E-state index in [1.54, 1.807) is 50.1 Å². The number of oxazole rings is 1. The average molecular weight is 572 g/mol. The lowest BCUT2D eigenvalue weighted by atomic mass is 10.2. The molecular formula is C28H34N3O8P. The monoisotopic (exact) mass is 571 g/mol. The minimum Gasteiger partial charge on any atom is -0.493 e. The van der Waals surface area contributed by atoms with Gasteiger partial charge in [-0.25, -0.2) is 4.98 Å². The quantitative estimate of drug-likeness (QED) is 0.140. The number of rotatable bonds is 15. The van der Waals surface area contributed by atoms with E-state index >= 15 is 0 Å². The number of benzene rings is 1. The van der Waals surface area contributed by atoms with Gasteiger partial charge in [-0.1, -0.05) is 6.07 Å². The van der Waals surface area contributed by atoms with Gasteiger partial charge in [-0.2, -0.15) is 0 Å². The number of nitrogens with zero attached hydrogens (tertiary/aromatic N) is 3. The zero-order chi connectivity index (χ0) is 28.5. The van der Waals surface area contributed by atoms with Crippen molar-refractivity contribution in [2.75, 3.05) is 20.3 Å². The van der Waals surface area contributed by atoms with Crippen LogP contribution < -0.4 is 14.2 Å². The van der Waals surface area contributed by atoms with Gasteiger partial charge in [-0.3, -0.25) is 9.25 Å². The largest absolute Gasteiger partial charge is 0.493 e. The number of aryl methyl sites for hydroxylation is 2. The van der Waals surface area contributed by atoms with Gasteiger partial charge in [-0.15, -0.1) is 5.10 Å². The molecule has 0 bridgehead atoms. The van der Waals surface area contributed by atoms with Crippen LogP contribution in [0.25, 0.3) is 17.7 Å². The first-order chi connectivity index (χ1) is 19.4. The van der Waals surface area contributed by atoms with Crippen molar-refractivity contribution in [3.05, 3.63) is 71.2 Å². The van der Waals surface area contributed by atoms with Crippen LogP contribution in [0.5, 0.6) is 17.4 Å². The SMILES string of the molecule is CCOP(=O)(/C=C/c1cn(CC)nc1OCc1ccc(OCc2nc(-c3ccco3)oc2C)c(OC)c1)OCC. The van der Waals surface area contributed by atoms with Crippen LogP contribution in [-0.2, 0) is 33.4 Å². The van der Waals surface area contributed by atoms with E-state index in [1.165, 1.54) is 5.82 Å². The first kappa shape index (κ1) is 29.2. The highest BCUT2D eigenvalue weighted by Gasteiger charge is 2.20. The molecule has 0 radical (unpaired) electrons. The molecule has 0 saturated carbocycles. The van der Waals surface area contributed by atoms with E-state index in [4.69, 9.17) is 32.1 Å². The van der Waals surface area contributed by atoms with Crippen LogP contribution >= 0.6 is 7.60 Å². The average Bonchev–Trinajstić information content (AvgIpc) is 3.70. The molecular weight excluding hydrogens is 537 g/mol. The summed E-state index contributed by atoms with van der Waals surface area (Å²) in [5.41, 5.74) is 2.16. The van der Waals surface area contributed by atoms with E-state index in [9.17, 15) is 4.57 Å². The van der Waals surface area contributed by atoms with E-state index in [-0.39, 0.29) is 26.4 Å². The molecule has 40 heavy (non-hydrogen) atoms. The molecule has 0 N–H and O–H groups in total. The first-order valence-corrected chi connectivity index (χ1v) is 14.6. The van der Waals surface area contributed by atoms with Gasteiger partial charge in [0.15, 0.2) is 17.3 Å². The predicted octanol–water partition coefficient (Wildman–Crippen LogP) is 6.86. The van der Waals surface area contributed by atoms with Crippen molar-refractivity contribution in [3.8, 4) is 29.0 Å². The van der Waals surface area contributed by atoms with Crippen molar-refractivity contribution in [1.29, 1.82) is 0 Å². The lowest BCUT2D eigenvalue weighted by molar-refractivity contribution is 0.229. The summed E-state index contributed by atoms with van der Waals surface area (Å²) in [7, 11) is -1.79. The minimum atomic E-state index is -3.36. The van der Waals surface area contributed by atoms with Crippen LogP contribution in [-0.4, -0.2) is 35.1 Å². The van der Waals surface area contributed by atoms with Crippen LogP contribution in [0.2, 0.25) is 0 Å². The Kier molecular flexibility index (Phi) is 9.87. The molecule has 0 unspecified atom stereocenters. The van der Waals surface area contributed by atoms with Gasteiger partial charge in [0.2, 0.25) is 5.88 Å². The predicted molar refractivity (Wildman–Crippen MR) is 148 cm³/mol. The van der Waals surface area contributed by atoms with Crippen molar-refractivity contribution in [2.24, 2.45) is 0 Å². The molecule has 3 aromatic heterocycles. The zero-order valence-corrected chi connectivity index (χ0v) is 24.2. The highest BCUT2D eigenvalue weighted by molar-refractivity contribution is 7.57. The Labute approximate surface area is 233 Å². The fourth-order valence-corrected chi connectivity index (χ4v) is 5.06.